The summed E-state index contributed by atoms with van der Waals surface area (Å²) in [4.78, 5) is 7.93. The van der Waals surface area contributed by atoms with Crippen LogP contribution in [-0.2, 0) is 0 Å². The van der Waals surface area contributed by atoms with Gasteiger partial charge in [0, 0.05) is 38.9 Å². The lowest BCUT2D eigenvalue weighted by Crippen LogP contribution is -2.61. The standard InChI is InChI=1S/C15H22F2N4/c1-12-13(3-2-5-19-12)21-8-4-14(15(16,17)11-21)20-9-6-18-7-10-20/h2-3,5,14,18H,4,6-11H2,1H3/t14-/m0/s1. The van der Waals surface area contributed by atoms with Crippen molar-refractivity contribution < 1.29 is 8.78 Å². The van der Waals surface area contributed by atoms with Crippen molar-refractivity contribution in [3.8, 4) is 0 Å². The second kappa shape index (κ2) is 5.85. The first-order chi connectivity index (χ1) is 10.1. The van der Waals surface area contributed by atoms with Crippen molar-refractivity contribution in [1.29, 1.82) is 0 Å². The smallest absolute Gasteiger partial charge is 0.280 e. The van der Waals surface area contributed by atoms with Gasteiger partial charge in [0.05, 0.1) is 24.0 Å². The molecule has 2 aliphatic heterocycles. The van der Waals surface area contributed by atoms with E-state index in [4.69, 9.17) is 0 Å². The second-order valence-electron chi connectivity index (χ2n) is 5.88. The number of aryl methyl sites for hydroxylation is 1. The summed E-state index contributed by atoms with van der Waals surface area (Å²) in [5.74, 6) is -2.68. The number of nitrogens with zero attached hydrogens (tertiary/aromatic N) is 3. The van der Waals surface area contributed by atoms with Crippen LogP contribution in [0.2, 0.25) is 0 Å². The molecule has 116 valence electrons. The van der Waals surface area contributed by atoms with Crippen molar-refractivity contribution in [1.82, 2.24) is 15.2 Å². The first-order valence-corrected chi connectivity index (χ1v) is 7.57. The molecule has 1 aromatic rings. The van der Waals surface area contributed by atoms with Crippen molar-refractivity contribution in [2.75, 3.05) is 44.2 Å². The molecule has 1 aromatic heterocycles. The highest BCUT2D eigenvalue weighted by molar-refractivity contribution is 5.50. The van der Waals surface area contributed by atoms with Gasteiger partial charge in [-0.15, -0.1) is 0 Å². The van der Waals surface area contributed by atoms with Crippen LogP contribution >= 0.6 is 0 Å². The van der Waals surface area contributed by atoms with Crippen LogP contribution in [0.3, 0.4) is 0 Å². The van der Waals surface area contributed by atoms with Crippen LogP contribution in [0, 0.1) is 6.92 Å². The van der Waals surface area contributed by atoms with Gasteiger partial charge in [-0.1, -0.05) is 0 Å². The Morgan fingerprint density at radius 1 is 1.29 bits per heavy atom. The lowest BCUT2D eigenvalue weighted by molar-refractivity contribution is -0.0904. The number of piperazine rings is 1. The molecular formula is C15H22F2N4. The molecule has 1 atom stereocenters. The number of alkyl halides is 2. The summed E-state index contributed by atoms with van der Waals surface area (Å²) in [7, 11) is 0. The van der Waals surface area contributed by atoms with E-state index in [0.717, 1.165) is 24.5 Å². The zero-order valence-electron chi connectivity index (χ0n) is 12.4. The van der Waals surface area contributed by atoms with Crippen LogP contribution in [0.1, 0.15) is 12.1 Å². The summed E-state index contributed by atoms with van der Waals surface area (Å²) in [6.07, 6.45) is 2.20. The number of rotatable bonds is 2. The lowest BCUT2D eigenvalue weighted by Gasteiger charge is -2.45. The van der Waals surface area contributed by atoms with Crippen molar-refractivity contribution in [3.63, 3.8) is 0 Å². The van der Waals surface area contributed by atoms with Gasteiger partial charge in [0.1, 0.15) is 0 Å². The quantitative estimate of drug-likeness (QED) is 0.896. The Labute approximate surface area is 124 Å². The van der Waals surface area contributed by atoms with E-state index in [2.05, 4.69) is 10.3 Å². The lowest BCUT2D eigenvalue weighted by atomic mass is 9.97. The third-order valence-corrected chi connectivity index (χ3v) is 4.47. The topological polar surface area (TPSA) is 31.4 Å². The molecule has 4 nitrogen and oxygen atoms in total. The van der Waals surface area contributed by atoms with Gasteiger partial charge in [0.15, 0.2) is 0 Å². The largest absolute Gasteiger partial charge is 0.364 e. The molecule has 0 amide bonds. The minimum atomic E-state index is -2.68. The van der Waals surface area contributed by atoms with Crippen molar-refractivity contribution in [2.24, 2.45) is 0 Å². The van der Waals surface area contributed by atoms with Gasteiger partial charge in [0.2, 0.25) is 0 Å². The molecular weight excluding hydrogens is 274 g/mol. The Bertz CT molecular complexity index is 488. The van der Waals surface area contributed by atoms with E-state index in [1.54, 1.807) is 11.1 Å². The Hall–Kier alpha value is -1.27. The van der Waals surface area contributed by atoms with Crippen LogP contribution in [0.5, 0.6) is 0 Å². The van der Waals surface area contributed by atoms with Crippen molar-refractivity contribution in [3.05, 3.63) is 24.0 Å². The summed E-state index contributed by atoms with van der Waals surface area (Å²) in [6, 6.07) is 3.06. The highest BCUT2D eigenvalue weighted by Gasteiger charge is 2.47. The summed E-state index contributed by atoms with van der Waals surface area (Å²) in [5.41, 5.74) is 1.64. The second-order valence-corrected chi connectivity index (χ2v) is 5.88. The van der Waals surface area contributed by atoms with E-state index in [-0.39, 0.29) is 6.54 Å². The predicted octanol–water partition coefficient (Wildman–Crippen LogP) is 1.51. The van der Waals surface area contributed by atoms with Crippen LogP contribution < -0.4 is 10.2 Å². The van der Waals surface area contributed by atoms with Crippen LogP contribution in [0.4, 0.5) is 14.5 Å². The molecule has 0 radical (unpaired) electrons. The maximum atomic E-state index is 14.6. The zero-order chi connectivity index (χ0) is 14.9. The van der Waals surface area contributed by atoms with Gasteiger partial charge in [-0.2, -0.15) is 0 Å². The minimum Gasteiger partial charge on any atom is -0.364 e. The monoisotopic (exact) mass is 296 g/mol. The minimum absolute atomic E-state index is 0.214. The Kier molecular flexibility index (Phi) is 4.08. The number of piperidine rings is 1. The summed E-state index contributed by atoms with van der Waals surface area (Å²) in [5, 5.41) is 3.22. The number of nitrogens with one attached hydrogen (secondary N) is 1. The van der Waals surface area contributed by atoms with Gasteiger partial charge in [-0.05, 0) is 25.5 Å². The highest BCUT2D eigenvalue weighted by atomic mass is 19.3. The number of hydrogen-bond acceptors (Lipinski definition) is 4. The van der Waals surface area contributed by atoms with E-state index >= 15 is 0 Å². The van der Waals surface area contributed by atoms with Crippen LogP contribution in [0.15, 0.2) is 18.3 Å². The number of halogens is 2. The zero-order valence-corrected chi connectivity index (χ0v) is 12.4. The summed E-state index contributed by atoms with van der Waals surface area (Å²) < 4.78 is 29.2. The fraction of sp³-hybridized carbons (Fsp3) is 0.667. The molecule has 0 bridgehead atoms. The summed E-state index contributed by atoms with van der Waals surface area (Å²) in [6.45, 7) is 5.36. The fourth-order valence-electron chi connectivity index (χ4n) is 3.39. The third kappa shape index (κ3) is 3.01. The highest BCUT2D eigenvalue weighted by Crippen LogP contribution is 2.34. The number of hydrogen-bond donors (Lipinski definition) is 1. The van der Waals surface area contributed by atoms with Gasteiger partial charge in [-0.3, -0.25) is 9.88 Å². The molecule has 21 heavy (non-hydrogen) atoms. The molecule has 0 aromatic carbocycles. The molecule has 2 fully saturated rings. The average molecular weight is 296 g/mol. The summed E-state index contributed by atoms with van der Waals surface area (Å²) >= 11 is 0. The number of pyridine rings is 1. The van der Waals surface area contributed by atoms with Crippen molar-refractivity contribution in [2.45, 2.75) is 25.3 Å². The first-order valence-electron chi connectivity index (χ1n) is 7.57. The molecule has 2 aliphatic rings. The van der Waals surface area contributed by atoms with E-state index in [1.165, 1.54) is 0 Å². The molecule has 3 rings (SSSR count). The molecule has 0 saturated carbocycles. The van der Waals surface area contributed by atoms with Gasteiger partial charge in [-0.25, -0.2) is 8.78 Å². The maximum Gasteiger partial charge on any atom is 0.280 e. The third-order valence-electron chi connectivity index (χ3n) is 4.47. The molecule has 0 spiro atoms. The maximum absolute atomic E-state index is 14.6. The van der Waals surface area contributed by atoms with Gasteiger partial charge < -0.3 is 10.2 Å². The molecule has 6 heteroatoms. The van der Waals surface area contributed by atoms with E-state index in [1.807, 2.05) is 24.0 Å². The van der Waals surface area contributed by atoms with Gasteiger partial charge >= 0.3 is 0 Å². The van der Waals surface area contributed by atoms with Crippen molar-refractivity contribution >= 4 is 5.69 Å². The molecule has 2 saturated heterocycles. The van der Waals surface area contributed by atoms with E-state index in [9.17, 15) is 8.78 Å². The average Bonchev–Trinajstić information content (AvgIpc) is 2.47. The molecule has 3 heterocycles. The van der Waals surface area contributed by atoms with E-state index < -0.39 is 12.0 Å². The molecule has 0 aliphatic carbocycles. The number of aromatic nitrogens is 1. The van der Waals surface area contributed by atoms with E-state index in [0.29, 0.717) is 26.1 Å². The normalized spacial score (nSPS) is 26.8. The molecule has 1 N–H and O–H groups in total. The number of anilines is 1. The molecule has 0 unspecified atom stereocenters. The predicted molar refractivity (Wildman–Crippen MR) is 79.0 cm³/mol. The van der Waals surface area contributed by atoms with Crippen LogP contribution in [-0.4, -0.2) is 61.1 Å². The first kappa shape index (κ1) is 14.7. The Balaban J connectivity index is 1.73. The van der Waals surface area contributed by atoms with Crippen LogP contribution in [0.25, 0.3) is 0 Å². The Morgan fingerprint density at radius 3 is 2.71 bits per heavy atom. The fourth-order valence-corrected chi connectivity index (χ4v) is 3.39. The SMILES string of the molecule is Cc1ncccc1N1CC[C@H](N2CCNCC2)C(F)(F)C1. The Morgan fingerprint density at radius 2 is 2.05 bits per heavy atom. The van der Waals surface area contributed by atoms with Gasteiger partial charge in [0.25, 0.3) is 5.92 Å².